The van der Waals surface area contributed by atoms with Crippen LogP contribution in [0.15, 0.2) is 34.9 Å². The molecule has 15 heteroatoms. The fourth-order valence-electron chi connectivity index (χ4n) is 4.53. The van der Waals surface area contributed by atoms with Crippen molar-refractivity contribution in [2.24, 2.45) is 0 Å². The fourth-order valence-corrected chi connectivity index (χ4v) is 5.28. The molecule has 0 aliphatic carbocycles. The standard InChI is InChI=1S/C20H15F5N4O5S/c1-35(32,33)27-13-7-28-16(20(13,24)25)18(30)29(19(28)31)17-15-9(3-2-4-12(15)34-26-17)14-10(22)5-8(21)6-11(14)23/h2-6,13,16,18,27,30H,7H2,1H3/t13-,16-,18-/m1/s1. The van der Waals surface area contributed by atoms with Gasteiger partial charge in [0.1, 0.15) is 29.5 Å². The van der Waals surface area contributed by atoms with Gasteiger partial charge < -0.3 is 14.5 Å². The lowest BCUT2D eigenvalue weighted by molar-refractivity contribution is -0.0688. The van der Waals surface area contributed by atoms with Crippen LogP contribution in [-0.4, -0.2) is 66.6 Å². The van der Waals surface area contributed by atoms with E-state index in [1.165, 1.54) is 18.2 Å². The van der Waals surface area contributed by atoms with E-state index in [0.29, 0.717) is 28.2 Å². The second kappa shape index (κ2) is 7.60. The Kier molecular flexibility index (Phi) is 5.09. The van der Waals surface area contributed by atoms with E-state index in [1.807, 2.05) is 0 Å². The van der Waals surface area contributed by atoms with E-state index in [4.69, 9.17) is 4.52 Å². The molecule has 0 bridgehead atoms. The molecule has 9 nitrogen and oxygen atoms in total. The van der Waals surface area contributed by atoms with E-state index in [0.717, 1.165) is 0 Å². The quantitative estimate of drug-likeness (QED) is 0.513. The first-order chi connectivity index (χ1) is 16.3. The number of rotatable bonds is 4. The molecule has 5 rings (SSSR count). The van der Waals surface area contributed by atoms with Crippen molar-refractivity contribution in [3.05, 3.63) is 47.8 Å². The number of carbonyl (C=O) groups is 1. The summed E-state index contributed by atoms with van der Waals surface area (Å²) in [6, 6.07) is -0.559. The Balaban J connectivity index is 1.62. The third-order valence-corrected chi connectivity index (χ3v) is 6.63. The van der Waals surface area contributed by atoms with Gasteiger partial charge in [-0.1, -0.05) is 17.3 Å². The summed E-state index contributed by atoms with van der Waals surface area (Å²) in [4.78, 5) is 14.1. The Morgan fingerprint density at radius 1 is 1.20 bits per heavy atom. The summed E-state index contributed by atoms with van der Waals surface area (Å²) in [7, 11) is -4.07. The van der Waals surface area contributed by atoms with Gasteiger partial charge in [-0.15, -0.1) is 0 Å². The van der Waals surface area contributed by atoms with Gasteiger partial charge in [-0.3, -0.25) is 0 Å². The van der Waals surface area contributed by atoms with Crippen LogP contribution in [0.5, 0.6) is 0 Å². The normalized spacial score (nSPS) is 24.0. The number of aliphatic hydroxyl groups excluding tert-OH is 1. The first-order valence-corrected chi connectivity index (χ1v) is 11.9. The third kappa shape index (κ3) is 3.52. The maximum Gasteiger partial charge on any atom is 0.328 e. The van der Waals surface area contributed by atoms with E-state index in [2.05, 4.69) is 5.16 Å². The number of nitrogens with zero attached hydrogens (tertiary/aromatic N) is 3. The minimum Gasteiger partial charge on any atom is -0.371 e. The summed E-state index contributed by atoms with van der Waals surface area (Å²) in [6.07, 6.45) is -1.55. The number of nitrogens with one attached hydrogen (secondary N) is 1. The van der Waals surface area contributed by atoms with Crippen LogP contribution in [0.3, 0.4) is 0 Å². The molecular formula is C20H15F5N4O5S. The number of benzene rings is 2. The van der Waals surface area contributed by atoms with Gasteiger partial charge in [-0.25, -0.2) is 44.8 Å². The number of halogens is 5. The number of amides is 2. The predicted molar refractivity (Wildman–Crippen MR) is 110 cm³/mol. The number of anilines is 1. The molecule has 0 saturated carbocycles. The van der Waals surface area contributed by atoms with Crippen molar-refractivity contribution in [1.29, 1.82) is 0 Å². The maximum absolute atomic E-state index is 15.0. The zero-order valence-electron chi connectivity index (χ0n) is 17.5. The molecule has 0 unspecified atom stereocenters. The van der Waals surface area contributed by atoms with Gasteiger partial charge in [0, 0.05) is 24.2 Å². The third-order valence-electron chi connectivity index (χ3n) is 5.91. The largest absolute Gasteiger partial charge is 0.371 e. The van der Waals surface area contributed by atoms with E-state index < -0.39 is 75.7 Å². The molecular weight excluding hydrogens is 503 g/mol. The van der Waals surface area contributed by atoms with Crippen LogP contribution in [0.1, 0.15) is 0 Å². The smallest absolute Gasteiger partial charge is 0.328 e. The minimum atomic E-state index is -4.07. The van der Waals surface area contributed by atoms with E-state index in [-0.39, 0.29) is 16.5 Å². The van der Waals surface area contributed by atoms with E-state index in [1.54, 1.807) is 4.72 Å². The molecule has 3 aromatic rings. The van der Waals surface area contributed by atoms with Gasteiger partial charge in [-0.05, 0) is 6.07 Å². The van der Waals surface area contributed by atoms with Gasteiger partial charge in [0.15, 0.2) is 17.6 Å². The molecule has 2 aromatic carbocycles. The lowest BCUT2D eigenvalue weighted by Crippen LogP contribution is -2.53. The number of urea groups is 1. The predicted octanol–water partition coefficient (Wildman–Crippen LogP) is 2.41. The molecule has 2 aliphatic heterocycles. The number of carbonyl (C=O) groups excluding carboxylic acids is 1. The first kappa shape index (κ1) is 23.4. The van der Waals surface area contributed by atoms with Crippen LogP contribution in [0.4, 0.5) is 32.6 Å². The Bertz CT molecular complexity index is 1460. The summed E-state index contributed by atoms with van der Waals surface area (Å²) in [6.45, 7) is -0.763. The van der Waals surface area contributed by atoms with Gasteiger partial charge in [0.25, 0.3) is 5.92 Å². The van der Waals surface area contributed by atoms with Crippen molar-refractivity contribution in [2.45, 2.75) is 24.2 Å². The number of fused-ring (bicyclic) bond motifs is 2. The summed E-state index contributed by atoms with van der Waals surface area (Å²) in [5, 5.41) is 14.2. The van der Waals surface area contributed by atoms with Crippen molar-refractivity contribution in [3.8, 4) is 11.1 Å². The van der Waals surface area contributed by atoms with Crippen LogP contribution >= 0.6 is 0 Å². The van der Waals surface area contributed by atoms with Crippen LogP contribution < -0.4 is 9.62 Å². The van der Waals surface area contributed by atoms with Crippen molar-refractivity contribution in [1.82, 2.24) is 14.8 Å². The summed E-state index contributed by atoms with van der Waals surface area (Å²) < 4.78 is 102. The molecule has 0 radical (unpaired) electrons. The fraction of sp³-hybridized carbons (Fsp3) is 0.300. The van der Waals surface area contributed by atoms with Gasteiger partial charge in [0.05, 0.1) is 17.2 Å². The Morgan fingerprint density at radius 3 is 2.46 bits per heavy atom. The van der Waals surface area contributed by atoms with Gasteiger partial charge in [-0.2, -0.15) is 0 Å². The summed E-state index contributed by atoms with van der Waals surface area (Å²) in [5.74, 6) is -8.12. The average molecular weight is 518 g/mol. The van der Waals surface area contributed by atoms with Crippen molar-refractivity contribution < 1.29 is 44.8 Å². The number of sulfonamides is 1. The molecule has 2 fully saturated rings. The van der Waals surface area contributed by atoms with Crippen LogP contribution in [0.2, 0.25) is 0 Å². The molecule has 3 atom stereocenters. The molecule has 3 heterocycles. The zero-order valence-corrected chi connectivity index (χ0v) is 18.4. The zero-order chi connectivity index (χ0) is 25.4. The lowest BCUT2D eigenvalue weighted by atomic mass is 10.00. The summed E-state index contributed by atoms with van der Waals surface area (Å²) in [5.41, 5.74) is -1.02. The average Bonchev–Trinajstić information content (AvgIpc) is 3.33. The number of hydrogen-bond donors (Lipinski definition) is 2. The molecule has 1 aromatic heterocycles. The Morgan fingerprint density at radius 2 is 1.86 bits per heavy atom. The second-order valence-electron chi connectivity index (χ2n) is 8.21. The maximum atomic E-state index is 15.0. The van der Waals surface area contributed by atoms with Crippen LogP contribution in [0, 0.1) is 17.5 Å². The number of aliphatic hydroxyl groups is 1. The first-order valence-electron chi connectivity index (χ1n) is 9.97. The Labute approximate surface area is 193 Å². The minimum absolute atomic E-state index is 0.101. The summed E-state index contributed by atoms with van der Waals surface area (Å²) >= 11 is 0. The SMILES string of the molecule is CS(=O)(=O)N[C@@H]1CN2C(=O)N(c3noc4cccc(-c5c(F)cc(F)cc5F)c34)[C@H](O)[C@@H]2C1(F)F. The van der Waals surface area contributed by atoms with E-state index >= 15 is 8.78 Å². The topological polar surface area (TPSA) is 116 Å². The highest BCUT2D eigenvalue weighted by molar-refractivity contribution is 7.88. The van der Waals surface area contributed by atoms with Gasteiger partial charge in [0.2, 0.25) is 10.0 Å². The molecule has 2 amide bonds. The lowest BCUT2D eigenvalue weighted by Gasteiger charge is -2.26. The molecule has 186 valence electrons. The van der Waals surface area contributed by atoms with Crippen molar-refractivity contribution >= 4 is 32.8 Å². The van der Waals surface area contributed by atoms with Crippen molar-refractivity contribution in [2.75, 3.05) is 17.7 Å². The Hall–Kier alpha value is -3.30. The number of alkyl halides is 2. The highest BCUT2D eigenvalue weighted by Gasteiger charge is 2.67. The van der Waals surface area contributed by atoms with Crippen LogP contribution in [-0.2, 0) is 10.0 Å². The highest BCUT2D eigenvalue weighted by Crippen LogP contribution is 2.46. The molecule has 2 aliphatic rings. The number of aromatic nitrogens is 1. The molecule has 0 spiro atoms. The molecule has 2 N–H and O–H groups in total. The van der Waals surface area contributed by atoms with Gasteiger partial charge >= 0.3 is 6.03 Å². The molecule has 2 saturated heterocycles. The molecule has 35 heavy (non-hydrogen) atoms. The van der Waals surface area contributed by atoms with Crippen molar-refractivity contribution in [3.63, 3.8) is 0 Å². The second-order valence-corrected chi connectivity index (χ2v) is 9.99. The van der Waals surface area contributed by atoms with E-state index in [9.17, 15) is 31.5 Å². The van der Waals surface area contributed by atoms with Crippen LogP contribution in [0.25, 0.3) is 22.1 Å². The highest BCUT2D eigenvalue weighted by atomic mass is 32.2. The number of hydrogen-bond acceptors (Lipinski definition) is 6. The monoisotopic (exact) mass is 518 g/mol.